The van der Waals surface area contributed by atoms with E-state index in [1.807, 2.05) is 19.1 Å². The zero-order valence-electron chi connectivity index (χ0n) is 8.40. The minimum Gasteiger partial charge on any atom is -0.497 e. The summed E-state index contributed by atoms with van der Waals surface area (Å²) in [6.07, 6.45) is 0. The van der Waals surface area contributed by atoms with Gasteiger partial charge in [-0.25, -0.2) is 4.79 Å². The van der Waals surface area contributed by atoms with Crippen LogP contribution in [0.3, 0.4) is 0 Å². The lowest BCUT2D eigenvalue weighted by molar-refractivity contribution is 0.0699. The van der Waals surface area contributed by atoms with Crippen LogP contribution in [-0.4, -0.2) is 18.2 Å². The Morgan fingerprint density at radius 1 is 1.47 bits per heavy atom. The van der Waals surface area contributed by atoms with E-state index in [0.717, 1.165) is 15.0 Å². The van der Waals surface area contributed by atoms with E-state index in [9.17, 15) is 4.79 Å². The number of carboxylic acid groups (broad SMARTS) is 1. The average Bonchev–Trinajstić information content (AvgIpc) is 2.52. The zero-order chi connectivity index (χ0) is 11.0. The summed E-state index contributed by atoms with van der Waals surface area (Å²) in [5, 5.41) is 9.84. The van der Waals surface area contributed by atoms with E-state index < -0.39 is 5.97 Å². The van der Waals surface area contributed by atoms with Gasteiger partial charge in [-0.3, -0.25) is 0 Å². The highest BCUT2D eigenvalue weighted by Gasteiger charge is 2.15. The van der Waals surface area contributed by atoms with E-state index in [1.54, 1.807) is 13.2 Å². The van der Waals surface area contributed by atoms with Gasteiger partial charge in [0, 0.05) is 15.0 Å². The van der Waals surface area contributed by atoms with Crippen LogP contribution in [0.5, 0.6) is 5.75 Å². The van der Waals surface area contributed by atoms with Crippen molar-refractivity contribution in [1.29, 1.82) is 0 Å². The molecule has 2 aromatic rings. The molecular formula is C11H10O3S. The number of benzene rings is 1. The normalized spacial score (nSPS) is 10.5. The SMILES string of the molecule is COc1ccc2sc(C)c(C(=O)O)c2c1. The molecule has 0 bridgehead atoms. The number of carbonyl (C=O) groups is 1. The molecule has 4 heteroatoms. The predicted molar refractivity (Wildman–Crippen MR) is 60.1 cm³/mol. The molecule has 0 unspecified atom stereocenters. The summed E-state index contributed by atoms with van der Waals surface area (Å²) < 4.78 is 6.06. The second-order valence-electron chi connectivity index (χ2n) is 3.20. The summed E-state index contributed by atoms with van der Waals surface area (Å²) in [5.41, 5.74) is 0.383. The van der Waals surface area contributed by atoms with E-state index in [0.29, 0.717) is 11.3 Å². The number of rotatable bonds is 2. The third kappa shape index (κ3) is 1.57. The molecule has 3 nitrogen and oxygen atoms in total. The molecule has 0 amide bonds. The van der Waals surface area contributed by atoms with Gasteiger partial charge in [0.05, 0.1) is 12.7 Å². The molecule has 0 aliphatic carbocycles. The number of thiophene rings is 1. The van der Waals surface area contributed by atoms with Gasteiger partial charge in [-0.2, -0.15) is 0 Å². The number of hydrogen-bond donors (Lipinski definition) is 1. The molecule has 1 N–H and O–H groups in total. The van der Waals surface area contributed by atoms with Gasteiger partial charge < -0.3 is 9.84 Å². The van der Waals surface area contributed by atoms with Gasteiger partial charge in [-0.05, 0) is 25.1 Å². The molecule has 1 heterocycles. The molecule has 1 aromatic heterocycles. The molecule has 0 aliphatic heterocycles. The molecule has 0 spiro atoms. The van der Waals surface area contributed by atoms with Crippen molar-refractivity contribution < 1.29 is 14.6 Å². The summed E-state index contributed by atoms with van der Waals surface area (Å²) >= 11 is 1.49. The zero-order valence-corrected chi connectivity index (χ0v) is 9.22. The van der Waals surface area contributed by atoms with Gasteiger partial charge in [-0.1, -0.05) is 0 Å². The molecule has 0 saturated heterocycles. The van der Waals surface area contributed by atoms with Gasteiger partial charge >= 0.3 is 5.97 Å². The Labute approximate surface area is 90.9 Å². The molecule has 78 valence electrons. The number of methoxy groups -OCH3 is 1. The molecule has 2 rings (SSSR count). The first-order valence-electron chi connectivity index (χ1n) is 4.44. The third-order valence-electron chi connectivity index (χ3n) is 2.29. The van der Waals surface area contributed by atoms with E-state index in [1.165, 1.54) is 11.3 Å². The maximum Gasteiger partial charge on any atom is 0.337 e. The summed E-state index contributed by atoms with van der Waals surface area (Å²) in [6, 6.07) is 5.49. The Kier molecular flexibility index (Phi) is 2.36. The van der Waals surface area contributed by atoms with Crippen molar-refractivity contribution in [1.82, 2.24) is 0 Å². The molecule has 0 saturated carbocycles. The van der Waals surface area contributed by atoms with E-state index in [4.69, 9.17) is 9.84 Å². The standard InChI is InChI=1S/C11H10O3S/c1-6-10(11(12)13)8-5-7(14-2)3-4-9(8)15-6/h3-5H,1-2H3,(H,12,13). The first kappa shape index (κ1) is 9.98. The van der Waals surface area contributed by atoms with Crippen molar-refractivity contribution in [2.24, 2.45) is 0 Å². The summed E-state index contributed by atoms with van der Waals surface area (Å²) in [4.78, 5) is 11.9. The topological polar surface area (TPSA) is 46.5 Å². The van der Waals surface area contributed by atoms with Crippen LogP contribution in [0.1, 0.15) is 15.2 Å². The van der Waals surface area contributed by atoms with Crippen molar-refractivity contribution >= 4 is 27.4 Å². The Balaban J connectivity index is 2.77. The van der Waals surface area contributed by atoms with Crippen LogP contribution < -0.4 is 4.74 Å². The minimum absolute atomic E-state index is 0.383. The van der Waals surface area contributed by atoms with Gasteiger partial charge in [0.2, 0.25) is 0 Å². The average molecular weight is 222 g/mol. The molecule has 1 aromatic carbocycles. The Morgan fingerprint density at radius 3 is 2.80 bits per heavy atom. The van der Waals surface area contributed by atoms with Crippen LogP contribution >= 0.6 is 11.3 Å². The van der Waals surface area contributed by atoms with Crippen molar-refractivity contribution in [3.05, 3.63) is 28.6 Å². The highest BCUT2D eigenvalue weighted by Crippen LogP contribution is 2.33. The van der Waals surface area contributed by atoms with Crippen molar-refractivity contribution in [3.63, 3.8) is 0 Å². The summed E-state index contributed by atoms with van der Waals surface area (Å²) in [5.74, 6) is -0.199. The molecule has 0 fully saturated rings. The fraction of sp³-hybridized carbons (Fsp3) is 0.182. The number of aromatic carboxylic acids is 1. The van der Waals surface area contributed by atoms with Gasteiger partial charge in [0.25, 0.3) is 0 Å². The fourth-order valence-corrected chi connectivity index (χ4v) is 2.63. The maximum absolute atomic E-state index is 11.1. The fourth-order valence-electron chi connectivity index (χ4n) is 1.59. The number of fused-ring (bicyclic) bond motifs is 1. The number of ether oxygens (including phenoxy) is 1. The Morgan fingerprint density at radius 2 is 2.20 bits per heavy atom. The summed E-state index contributed by atoms with van der Waals surface area (Å²) in [6.45, 7) is 1.82. The third-order valence-corrected chi connectivity index (χ3v) is 3.37. The molecule has 0 radical (unpaired) electrons. The smallest absolute Gasteiger partial charge is 0.337 e. The minimum atomic E-state index is -0.882. The first-order chi connectivity index (χ1) is 7.13. The van der Waals surface area contributed by atoms with Crippen LogP contribution in [0.4, 0.5) is 0 Å². The van der Waals surface area contributed by atoms with Crippen molar-refractivity contribution in [2.45, 2.75) is 6.92 Å². The predicted octanol–water partition coefficient (Wildman–Crippen LogP) is 2.92. The highest BCUT2D eigenvalue weighted by molar-refractivity contribution is 7.19. The van der Waals surface area contributed by atoms with Gasteiger partial charge in [0.1, 0.15) is 5.75 Å². The van der Waals surface area contributed by atoms with E-state index in [-0.39, 0.29) is 0 Å². The van der Waals surface area contributed by atoms with Crippen LogP contribution in [0.2, 0.25) is 0 Å². The second kappa shape index (κ2) is 3.55. The molecular weight excluding hydrogens is 212 g/mol. The monoisotopic (exact) mass is 222 g/mol. The molecule has 15 heavy (non-hydrogen) atoms. The maximum atomic E-state index is 11.1. The van der Waals surface area contributed by atoms with E-state index in [2.05, 4.69) is 0 Å². The van der Waals surface area contributed by atoms with Gasteiger partial charge in [0.15, 0.2) is 0 Å². The van der Waals surface area contributed by atoms with Crippen LogP contribution in [0.25, 0.3) is 10.1 Å². The molecule has 0 aliphatic rings. The number of carboxylic acids is 1. The van der Waals surface area contributed by atoms with Crippen LogP contribution in [0, 0.1) is 6.92 Å². The first-order valence-corrected chi connectivity index (χ1v) is 5.25. The summed E-state index contributed by atoms with van der Waals surface area (Å²) in [7, 11) is 1.57. The largest absolute Gasteiger partial charge is 0.497 e. The van der Waals surface area contributed by atoms with Crippen LogP contribution in [0.15, 0.2) is 18.2 Å². The van der Waals surface area contributed by atoms with Crippen molar-refractivity contribution in [2.75, 3.05) is 7.11 Å². The van der Waals surface area contributed by atoms with E-state index >= 15 is 0 Å². The number of hydrogen-bond acceptors (Lipinski definition) is 3. The second-order valence-corrected chi connectivity index (χ2v) is 4.46. The Hall–Kier alpha value is -1.55. The van der Waals surface area contributed by atoms with Crippen molar-refractivity contribution in [3.8, 4) is 5.75 Å². The highest BCUT2D eigenvalue weighted by atomic mass is 32.1. The lowest BCUT2D eigenvalue weighted by atomic mass is 10.1. The Bertz CT molecular complexity index is 528. The molecule has 0 atom stereocenters. The quantitative estimate of drug-likeness (QED) is 0.849. The van der Waals surface area contributed by atoms with Gasteiger partial charge in [-0.15, -0.1) is 11.3 Å². The number of aryl methyl sites for hydroxylation is 1. The lowest BCUT2D eigenvalue weighted by Crippen LogP contribution is -1.96. The van der Waals surface area contributed by atoms with Crippen LogP contribution in [-0.2, 0) is 0 Å². The lowest BCUT2D eigenvalue weighted by Gasteiger charge is -1.99.